The van der Waals surface area contributed by atoms with Gasteiger partial charge in [-0.15, -0.1) is 0 Å². The molecule has 2 amide bonds. The third-order valence-corrected chi connectivity index (χ3v) is 5.70. The monoisotopic (exact) mass is 480 g/mol. The maximum absolute atomic E-state index is 13.2. The van der Waals surface area contributed by atoms with Crippen LogP contribution in [-0.4, -0.2) is 28.0 Å². The predicted octanol–water partition coefficient (Wildman–Crippen LogP) is 4.75. The number of aryl methyl sites for hydroxylation is 2. The average molecular weight is 481 g/mol. The van der Waals surface area contributed by atoms with Gasteiger partial charge in [0.05, 0.1) is 16.3 Å². The van der Waals surface area contributed by atoms with Crippen molar-refractivity contribution in [3.63, 3.8) is 0 Å². The summed E-state index contributed by atoms with van der Waals surface area (Å²) < 4.78 is 5.75. The first-order valence-electron chi connectivity index (χ1n) is 9.77. The maximum atomic E-state index is 13.2. The van der Waals surface area contributed by atoms with Crippen molar-refractivity contribution in [3.8, 4) is 11.3 Å². The van der Waals surface area contributed by atoms with Gasteiger partial charge in [-0.2, -0.15) is 0 Å². The average Bonchev–Trinajstić information content (AvgIpc) is 3.21. The summed E-state index contributed by atoms with van der Waals surface area (Å²) in [6.45, 7) is 3.79. The van der Waals surface area contributed by atoms with Crippen LogP contribution in [0.3, 0.4) is 0 Å². The molecule has 0 bridgehead atoms. The molecule has 7 nitrogen and oxygen atoms in total. The Bertz CT molecular complexity index is 1370. The van der Waals surface area contributed by atoms with E-state index in [4.69, 9.17) is 28.2 Å². The van der Waals surface area contributed by atoms with Crippen LogP contribution in [0, 0.1) is 13.8 Å². The first kappa shape index (κ1) is 22.4. The number of aromatic carboxylic acids is 1. The molecular weight excluding hydrogens is 464 g/mol. The third kappa shape index (κ3) is 4.30. The fourth-order valence-electron chi connectivity index (χ4n) is 3.50. The molecule has 2 heterocycles. The molecule has 9 heteroatoms. The van der Waals surface area contributed by atoms with E-state index >= 15 is 0 Å². The predicted molar refractivity (Wildman–Crippen MR) is 128 cm³/mol. The third-order valence-electron chi connectivity index (χ3n) is 5.09. The minimum Gasteiger partial charge on any atom is -0.478 e. The summed E-state index contributed by atoms with van der Waals surface area (Å²) >= 11 is 11.2. The lowest BCUT2D eigenvalue weighted by atomic mass is 10.1. The van der Waals surface area contributed by atoms with Crippen LogP contribution >= 0.6 is 23.8 Å². The molecule has 1 aromatic heterocycles. The lowest BCUT2D eigenvalue weighted by Crippen LogP contribution is -2.54. The molecule has 3 aromatic rings. The van der Waals surface area contributed by atoms with E-state index in [-0.39, 0.29) is 27.0 Å². The van der Waals surface area contributed by atoms with Gasteiger partial charge in [0.1, 0.15) is 17.1 Å². The van der Waals surface area contributed by atoms with Crippen LogP contribution in [0.5, 0.6) is 0 Å². The second-order valence-corrected chi connectivity index (χ2v) is 8.24. The summed E-state index contributed by atoms with van der Waals surface area (Å²) in [5, 5.41) is 11.9. The Labute approximate surface area is 199 Å². The van der Waals surface area contributed by atoms with Crippen molar-refractivity contribution in [2.24, 2.45) is 0 Å². The van der Waals surface area contributed by atoms with Gasteiger partial charge in [0.15, 0.2) is 5.11 Å². The molecule has 0 atom stereocenters. The smallest absolute Gasteiger partial charge is 0.337 e. The highest BCUT2D eigenvalue weighted by atomic mass is 35.5. The molecule has 1 saturated heterocycles. The van der Waals surface area contributed by atoms with Crippen LogP contribution in [0.2, 0.25) is 5.02 Å². The highest BCUT2D eigenvalue weighted by Crippen LogP contribution is 2.29. The zero-order valence-corrected chi connectivity index (χ0v) is 19.1. The first-order chi connectivity index (χ1) is 15.7. The first-order valence-corrected chi connectivity index (χ1v) is 10.6. The number of carbonyl (C=O) groups is 3. The molecule has 0 radical (unpaired) electrons. The number of nitrogens with one attached hydrogen (secondary N) is 1. The molecule has 166 valence electrons. The van der Waals surface area contributed by atoms with Crippen molar-refractivity contribution in [3.05, 3.63) is 81.6 Å². The number of hydrogen-bond donors (Lipinski definition) is 2. The minimum absolute atomic E-state index is 0.00315. The topological polar surface area (TPSA) is 99.8 Å². The second-order valence-electron chi connectivity index (χ2n) is 7.45. The molecule has 1 aliphatic heterocycles. The molecule has 2 N–H and O–H groups in total. The Kier molecular flexibility index (Phi) is 5.88. The lowest BCUT2D eigenvalue weighted by molar-refractivity contribution is -0.122. The molecule has 1 aliphatic rings. The van der Waals surface area contributed by atoms with E-state index in [1.54, 1.807) is 24.3 Å². The number of anilines is 1. The summed E-state index contributed by atoms with van der Waals surface area (Å²) in [5.74, 6) is -1.78. The quantitative estimate of drug-likeness (QED) is 0.317. The van der Waals surface area contributed by atoms with E-state index in [0.29, 0.717) is 17.0 Å². The van der Waals surface area contributed by atoms with Gasteiger partial charge in [0, 0.05) is 5.56 Å². The van der Waals surface area contributed by atoms with Crippen molar-refractivity contribution in [2.75, 3.05) is 4.90 Å². The number of nitrogens with zero attached hydrogens (tertiary/aromatic N) is 1. The number of furan rings is 1. The van der Waals surface area contributed by atoms with Crippen LogP contribution in [0.15, 0.2) is 58.5 Å². The van der Waals surface area contributed by atoms with Crippen molar-refractivity contribution in [1.82, 2.24) is 5.32 Å². The molecule has 0 aliphatic carbocycles. The number of benzene rings is 2. The van der Waals surface area contributed by atoms with Gasteiger partial charge >= 0.3 is 5.97 Å². The summed E-state index contributed by atoms with van der Waals surface area (Å²) in [7, 11) is 0. The number of hydrogen-bond acceptors (Lipinski definition) is 5. The molecule has 4 rings (SSSR count). The normalized spacial score (nSPS) is 15.2. The van der Waals surface area contributed by atoms with Crippen molar-refractivity contribution >= 4 is 58.5 Å². The van der Waals surface area contributed by atoms with Crippen LogP contribution in [0.4, 0.5) is 5.69 Å². The van der Waals surface area contributed by atoms with Gasteiger partial charge in [-0.1, -0.05) is 29.3 Å². The number of carboxylic acids is 1. The zero-order valence-electron chi connectivity index (χ0n) is 17.5. The van der Waals surface area contributed by atoms with Gasteiger partial charge in [-0.05, 0) is 74.1 Å². The van der Waals surface area contributed by atoms with Crippen molar-refractivity contribution in [2.45, 2.75) is 13.8 Å². The number of rotatable bonds is 4. The fourth-order valence-corrected chi connectivity index (χ4v) is 3.98. The summed E-state index contributed by atoms with van der Waals surface area (Å²) in [6, 6.07) is 13.2. The number of carboxylic acid groups (broad SMARTS) is 1. The summed E-state index contributed by atoms with van der Waals surface area (Å²) in [4.78, 5) is 38.4. The van der Waals surface area contributed by atoms with Gasteiger partial charge in [-0.3, -0.25) is 19.8 Å². The Hall–Kier alpha value is -3.75. The minimum atomic E-state index is -1.16. The summed E-state index contributed by atoms with van der Waals surface area (Å²) in [6.07, 6.45) is 1.33. The fraction of sp³-hybridized carbons (Fsp3) is 0.0833. The Morgan fingerprint density at radius 2 is 1.88 bits per heavy atom. The Morgan fingerprint density at radius 3 is 2.58 bits per heavy atom. The molecule has 0 unspecified atom stereocenters. The second kappa shape index (κ2) is 8.65. The van der Waals surface area contributed by atoms with Crippen LogP contribution in [0.1, 0.15) is 27.2 Å². The van der Waals surface area contributed by atoms with E-state index in [2.05, 4.69) is 5.32 Å². The maximum Gasteiger partial charge on any atom is 0.337 e. The highest BCUT2D eigenvalue weighted by Gasteiger charge is 2.35. The van der Waals surface area contributed by atoms with E-state index in [0.717, 1.165) is 11.1 Å². The van der Waals surface area contributed by atoms with Gasteiger partial charge in [0.2, 0.25) is 0 Å². The van der Waals surface area contributed by atoms with Crippen molar-refractivity contribution < 1.29 is 23.9 Å². The highest BCUT2D eigenvalue weighted by molar-refractivity contribution is 7.80. The van der Waals surface area contributed by atoms with Gasteiger partial charge < -0.3 is 9.52 Å². The summed E-state index contributed by atoms with van der Waals surface area (Å²) in [5.41, 5.74) is 2.71. The number of halogens is 1. The molecule has 0 saturated carbocycles. The zero-order chi connectivity index (χ0) is 23.9. The molecule has 33 heavy (non-hydrogen) atoms. The van der Waals surface area contributed by atoms with Gasteiger partial charge in [-0.25, -0.2) is 4.79 Å². The number of thiocarbonyl (C=S) groups is 1. The van der Waals surface area contributed by atoms with E-state index < -0.39 is 17.8 Å². The molecule has 1 fully saturated rings. The SMILES string of the molecule is Cc1ccc(N2C(=O)/C(=C\c3ccc(-c4ccc(Cl)c(C(=O)O)c4)o3)C(=O)NC2=S)c(C)c1. The van der Waals surface area contributed by atoms with Crippen molar-refractivity contribution in [1.29, 1.82) is 0 Å². The van der Waals surface area contributed by atoms with Crippen LogP contribution < -0.4 is 10.2 Å². The number of carbonyl (C=O) groups excluding carboxylic acids is 2. The molecule has 2 aromatic carbocycles. The van der Waals surface area contributed by atoms with E-state index in [9.17, 15) is 19.5 Å². The molecular formula is C24H17ClN2O5S. The van der Waals surface area contributed by atoms with Crippen LogP contribution in [0.25, 0.3) is 17.4 Å². The number of amides is 2. The lowest BCUT2D eigenvalue weighted by Gasteiger charge is -2.30. The largest absolute Gasteiger partial charge is 0.478 e. The Morgan fingerprint density at radius 1 is 1.12 bits per heavy atom. The van der Waals surface area contributed by atoms with E-state index in [1.165, 1.54) is 23.1 Å². The Balaban J connectivity index is 1.69. The van der Waals surface area contributed by atoms with E-state index in [1.807, 2.05) is 26.0 Å². The molecule has 0 spiro atoms. The van der Waals surface area contributed by atoms with Gasteiger partial charge in [0.25, 0.3) is 11.8 Å². The standard InChI is InChI=1S/C24H17ClN2O5S/c1-12-3-7-19(13(2)9-12)27-22(29)17(21(28)26-24(27)33)11-15-5-8-20(32-15)14-4-6-18(25)16(10-14)23(30)31/h3-11H,1-2H3,(H,30,31)(H,26,28,33)/b17-11-. The van der Waals surface area contributed by atoms with Crippen LogP contribution in [-0.2, 0) is 9.59 Å².